The lowest BCUT2D eigenvalue weighted by Crippen LogP contribution is -2.05. The van der Waals surface area contributed by atoms with Crippen LogP contribution in [0.5, 0.6) is 0 Å². The molecule has 1 aromatic carbocycles. The van der Waals surface area contributed by atoms with E-state index in [9.17, 15) is 13.9 Å². The molecule has 3 nitrogen and oxygen atoms in total. The van der Waals surface area contributed by atoms with Gasteiger partial charge in [0.15, 0.2) is 17.5 Å². The van der Waals surface area contributed by atoms with Crippen molar-refractivity contribution in [1.82, 2.24) is 9.97 Å². The molecule has 0 bridgehead atoms. The maximum atomic E-state index is 12.9. The third kappa shape index (κ3) is 2.04. The maximum Gasteiger partial charge on any atom is 0.161 e. The van der Waals surface area contributed by atoms with Gasteiger partial charge in [-0.2, -0.15) is 0 Å². The van der Waals surface area contributed by atoms with Crippen LogP contribution in [0.15, 0.2) is 36.7 Å². The van der Waals surface area contributed by atoms with Crippen molar-refractivity contribution >= 4 is 0 Å². The first-order valence-corrected chi connectivity index (χ1v) is 4.58. The predicted octanol–water partition coefficient (Wildman–Crippen LogP) is 1.84. The Hall–Kier alpha value is -1.88. The molecule has 5 heteroatoms. The largest absolute Gasteiger partial charge is 0.380 e. The minimum atomic E-state index is -1.16. The summed E-state index contributed by atoms with van der Waals surface area (Å²) in [5.41, 5.74) is 0.213. The molecule has 0 fully saturated rings. The Labute approximate surface area is 90.4 Å². The maximum absolute atomic E-state index is 12.9. The van der Waals surface area contributed by atoms with Crippen LogP contribution in [0.3, 0.4) is 0 Å². The Morgan fingerprint density at radius 1 is 1.06 bits per heavy atom. The lowest BCUT2D eigenvalue weighted by Gasteiger charge is -2.09. The molecule has 1 atom stereocenters. The van der Waals surface area contributed by atoms with E-state index in [0.29, 0.717) is 0 Å². The van der Waals surface area contributed by atoms with Crippen molar-refractivity contribution in [3.8, 4) is 0 Å². The molecule has 1 N–H and O–H groups in total. The summed E-state index contributed by atoms with van der Waals surface area (Å²) in [7, 11) is 0. The number of halogens is 2. The number of rotatable bonds is 2. The van der Waals surface area contributed by atoms with Crippen LogP contribution in [0.25, 0.3) is 0 Å². The molecule has 2 rings (SSSR count). The Kier molecular flexibility index (Phi) is 2.87. The summed E-state index contributed by atoms with van der Waals surface area (Å²) in [5.74, 6) is -1.81. The minimum Gasteiger partial charge on any atom is -0.380 e. The molecule has 1 heterocycles. The zero-order chi connectivity index (χ0) is 11.5. The highest BCUT2D eigenvalue weighted by molar-refractivity contribution is 5.24. The molecular weight excluding hydrogens is 214 g/mol. The summed E-state index contributed by atoms with van der Waals surface area (Å²) in [6, 6.07) is 4.77. The molecule has 1 aromatic heterocycles. The van der Waals surface area contributed by atoms with E-state index in [1.807, 2.05) is 0 Å². The van der Waals surface area contributed by atoms with Gasteiger partial charge in [0.2, 0.25) is 0 Å². The van der Waals surface area contributed by atoms with Crippen LogP contribution >= 0.6 is 0 Å². The fourth-order valence-electron chi connectivity index (χ4n) is 1.28. The van der Waals surface area contributed by atoms with E-state index in [1.54, 1.807) is 6.07 Å². The SMILES string of the molecule is OC(c1ccc(F)c(F)c1)c1ncccn1. The van der Waals surface area contributed by atoms with Crippen molar-refractivity contribution in [2.75, 3.05) is 0 Å². The fraction of sp³-hybridized carbons (Fsp3) is 0.0909. The average Bonchev–Trinajstić information content (AvgIpc) is 2.33. The Morgan fingerprint density at radius 3 is 2.38 bits per heavy atom. The van der Waals surface area contributed by atoms with Crippen LogP contribution in [-0.2, 0) is 0 Å². The number of aliphatic hydroxyl groups excluding tert-OH is 1. The fourth-order valence-corrected chi connectivity index (χ4v) is 1.28. The van der Waals surface area contributed by atoms with E-state index in [0.717, 1.165) is 12.1 Å². The van der Waals surface area contributed by atoms with Gasteiger partial charge in [0.1, 0.15) is 6.10 Å². The van der Waals surface area contributed by atoms with Gasteiger partial charge in [-0.1, -0.05) is 6.07 Å². The van der Waals surface area contributed by atoms with Crippen LogP contribution in [-0.4, -0.2) is 15.1 Å². The smallest absolute Gasteiger partial charge is 0.161 e. The van der Waals surface area contributed by atoms with Crippen molar-refractivity contribution in [1.29, 1.82) is 0 Å². The minimum absolute atomic E-state index is 0.147. The van der Waals surface area contributed by atoms with Crippen molar-refractivity contribution in [3.63, 3.8) is 0 Å². The zero-order valence-corrected chi connectivity index (χ0v) is 8.14. The van der Waals surface area contributed by atoms with Crippen LogP contribution in [0.1, 0.15) is 17.5 Å². The summed E-state index contributed by atoms with van der Waals surface area (Å²) in [6.45, 7) is 0. The molecular formula is C11H8F2N2O. The molecule has 0 spiro atoms. The Morgan fingerprint density at radius 2 is 1.75 bits per heavy atom. The van der Waals surface area contributed by atoms with Crippen LogP contribution in [0.2, 0.25) is 0 Å². The molecule has 0 radical (unpaired) electrons. The summed E-state index contributed by atoms with van der Waals surface area (Å²) in [5, 5.41) is 9.79. The van der Waals surface area contributed by atoms with E-state index in [-0.39, 0.29) is 11.4 Å². The molecule has 0 aliphatic rings. The number of benzene rings is 1. The van der Waals surface area contributed by atoms with Crippen molar-refractivity contribution < 1.29 is 13.9 Å². The number of aliphatic hydroxyl groups is 1. The third-order valence-electron chi connectivity index (χ3n) is 2.09. The highest BCUT2D eigenvalue weighted by atomic mass is 19.2. The Balaban J connectivity index is 2.34. The molecule has 0 saturated heterocycles. The normalized spacial score (nSPS) is 12.4. The number of hydrogen-bond acceptors (Lipinski definition) is 3. The quantitative estimate of drug-likeness (QED) is 0.843. The van der Waals surface area contributed by atoms with E-state index in [4.69, 9.17) is 0 Å². The molecule has 2 aromatic rings. The van der Waals surface area contributed by atoms with Crippen molar-refractivity contribution in [3.05, 3.63) is 59.7 Å². The third-order valence-corrected chi connectivity index (χ3v) is 2.09. The van der Waals surface area contributed by atoms with Gasteiger partial charge in [-0.05, 0) is 23.8 Å². The van der Waals surface area contributed by atoms with E-state index in [1.165, 1.54) is 18.5 Å². The van der Waals surface area contributed by atoms with Gasteiger partial charge in [-0.3, -0.25) is 0 Å². The second-order valence-corrected chi connectivity index (χ2v) is 3.18. The van der Waals surface area contributed by atoms with E-state index < -0.39 is 17.7 Å². The summed E-state index contributed by atoms with van der Waals surface area (Å²) >= 11 is 0. The first-order chi connectivity index (χ1) is 7.68. The highest BCUT2D eigenvalue weighted by Crippen LogP contribution is 2.20. The van der Waals surface area contributed by atoms with Gasteiger partial charge < -0.3 is 5.11 Å². The Bertz CT molecular complexity index is 491. The van der Waals surface area contributed by atoms with Gasteiger partial charge >= 0.3 is 0 Å². The molecule has 0 aliphatic carbocycles. The van der Waals surface area contributed by atoms with Gasteiger partial charge in [0.25, 0.3) is 0 Å². The van der Waals surface area contributed by atoms with Crippen LogP contribution in [0.4, 0.5) is 8.78 Å². The molecule has 82 valence electrons. The van der Waals surface area contributed by atoms with E-state index in [2.05, 4.69) is 9.97 Å². The molecule has 0 aliphatic heterocycles. The molecule has 16 heavy (non-hydrogen) atoms. The standard InChI is InChI=1S/C11H8F2N2O/c12-8-3-2-7(6-9(8)13)10(16)11-14-4-1-5-15-11/h1-6,10,16H. The van der Waals surface area contributed by atoms with Crippen molar-refractivity contribution in [2.24, 2.45) is 0 Å². The second-order valence-electron chi connectivity index (χ2n) is 3.18. The number of hydrogen-bond donors (Lipinski definition) is 1. The zero-order valence-electron chi connectivity index (χ0n) is 8.14. The lowest BCUT2D eigenvalue weighted by molar-refractivity contribution is 0.209. The van der Waals surface area contributed by atoms with Gasteiger partial charge in [0, 0.05) is 12.4 Å². The van der Waals surface area contributed by atoms with Gasteiger partial charge in [-0.25, -0.2) is 18.7 Å². The molecule has 1 unspecified atom stereocenters. The lowest BCUT2D eigenvalue weighted by atomic mass is 10.1. The van der Waals surface area contributed by atoms with Crippen molar-refractivity contribution in [2.45, 2.75) is 6.10 Å². The predicted molar refractivity (Wildman–Crippen MR) is 52.5 cm³/mol. The van der Waals surface area contributed by atoms with Gasteiger partial charge in [-0.15, -0.1) is 0 Å². The summed E-state index contributed by atoms with van der Waals surface area (Å²) in [6.07, 6.45) is 1.77. The second kappa shape index (κ2) is 4.32. The van der Waals surface area contributed by atoms with Gasteiger partial charge in [0.05, 0.1) is 0 Å². The van der Waals surface area contributed by atoms with Crippen LogP contribution in [0, 0.1) is 11.6 Å². The first-order valence-electron chi connectivity index (χ1n) is 4.58. The summed E-state index contributed by atoms with van der Waals surface area (Å²) in [4.78, 5) is 7.66. The molecule has 0 saturated carbocycles. The summed E-state index contributed by atoms with van der Waals surface area (Å²) < 4.78 is 25.6. The average molecular weight is 222 g/mol. The number of nitrogens with zero attached hydrogens (tertiary/aromatic N) is 2. The molecule has 0 amide bonds. The first kappa shape index (κ1) is 10.6. The highest BCUT2D eigenvalue weighted by Gasteiger charge is 2.14. The van der Waals surface area contributed by atoms with E-state index >= 15 is 0 Å². The van der Waals surface area contributed by atoms with Crippen LogP contribution < -0.4 is 0 Å². The monoisotopic (exact) mass is 222 g/mol. The number of aromatic nitrogens is 2. The topological polar surface area (TPSA) is 46.0 Å².